The Bertz CT molecular complexity index is 1420. The van der Waals surface area contributed by atoms with Crippen molar-refractivity contribution in [2.75, 3.05) is 26.4 Å². The zero-order valence-corrected chi connectivity index (χ0v) is 37.1. The Morgan fingerprint density at radius 1 is 0.567 bits per heavy atom. The third-order valence-electron chi connectivity index (χ3n) is 8.18. The highest BCUT2D eigenvalue weighted by molar-refractivity contribution is 7.47. The van der Waals surface area contributed by atoms with Gasteiger partial charge in [0.1, 0.15) is 12.7 Å². The second kappa shape index (κ2) is 42.0. The van der Waals surface area contributed by atoms with Gasteiger partial charge >= 0.3 is 19.8 Å². The molecule has 0 saturated heterocycles. The molecule has 0 rings (SSSR count). The van der Waals surface area contributed by atoms with Gasteiger partial charge in [0.2, 0.25) is 0 Å². The van der Waals surface area contributed by atoms with Gasteiger partial charge in [0.05, 0.1) is 25.9 Å². The molecule has 11 nitrogen and oxygen atoms in total. The molecule has 0 saturated carbocycles. The molecule has 0 heterocycles. The summed E-state index contributed by atoms with van der Waals surface area (Å²) in [5, 5.41) is 28.1. The van der Waals surface area contributed by atoms with Crippen molar-refractivity contribution in [1.29, 1.82) is 0 Å². The molecule has 0 aliphatic rings. The molecule has 0 radical (unpaired) electrons. The number of unbranched alkanes of at least 4 members (excludes halogenated alkanes) is 2. The fourth-order valence-electron chi connectivity index (χ4n) is 4.85. The number of rotatable bonds is 38. The van der Waals surface area contributed by atoms with E-state index in [1.54, 1.807) is 0 Å². The van der Waals surface area contributed by atoms with E-state index in [2.05, 4.69) is 97.4 Å². The highest BCUT2D eigenvalue weighted by atomic mass is 31.2. The normalized spacial score (nSPS) is 15.5. The van der Waals surface area contributed by atoms with E-state index in [1.165, 1.54) is 0 Å². The molecule has 0 aromatic carbocycles. The molecule has 0 aliphatic carbocycles. The van der Waals surface area contributed by atoms with E-state index in [4.69, 9.17) is 19.1 Å². The maximum Gasteiger partial charge on any atom is 0.472 e. The summed E-state index contributed by atoms with van der Waals surface area (Å²) in [5.74, 6) is -1.13. The maximum absolute atomic E-state index is 12.6. The molecule has 0 aromatic heterocycles. The number of ether oxygens (including phenoxy) is 2. The summed E-state index contributed by atoms with van der Waals surface area (Å²) >= 11 is 0. The lowest BCUT2D eigenvalue weighted by Gasteiger charge is -2.20. The lowest BCUT2D eigenvalue weighted by molar-refractivity contribution is -0.161. The Labute approximate surface area is 360 Å². The van der Waals surface area contributed by atoms with Crippen molar-refractivity contribution in [3.05, 3.63) is 122 Å². The minimum atomic E-state index is -4.67. The highest BCUT2D eigenvalue weighted by Gasteiger charge is 2.27. The number of phosphoric ester groups is 1. The molecule has 60 heavy (non-hydrogen) atoms. The Kier molecular flexibility index (Phi) is 39.5. The molecule has 0 aromatic rings. The number of carbonyl (C=O) groups excluding carboxylic acids is 2. The number of allylic oxidation sites excluding steroid dienone is 19. The molecule has 0 aliphatic heterocycles. The van der Waals surface area contributed by atoms with Gasteiger partial charge in [0.25, 0.3) is 0 Å². The Hall–Kier alpha value is -3.67. The standard InChI is InChI=1S/C48H75O11P/c1-3-5-7-8-9-10-11-12-13-14-15-16-17-18-23-26-29-32-35-39-48(53)59-46(43-58-60(54,55)57-41-45(51)40-49)42-56-47(52)38-34-31-28-25-22-20-19-21-24-27-30-33-37-44(50)36-6-4-2/h5,7,9-10,12-13,15-16,18-20,23-25,27-29,32-33,37,44-46,49-51H,3-4,6,8,11,14,17,21-22,26,30-31,34-36,38-43H2,1-2H3,(H,54,55)/b7-5-,10-9-,13-12-,16-15-,20-19-,23-18-,27-24-,28-25-,32-29-,37-33-/t44-,45-,46+/m0/s1. The first-order chi connectivity index (χ1) is 29.1. The van der Waals surface area contributed by atoms with Gasteiger partial charge in [-0.25, -0.2) is 4.57 Å². The monoisotopic (exact) mass is 859 g/mol. The van der Waals surface area contributed by atoms with Crippen LogP contribution in [0.5, 0.6) is 0 Å². The molecule has 0 amide bonds. The molecule has 0 spiro atoms. The Morgan fingerprint density at radius 3 is 1.53 bits per heavy atom. The smallest absolute Gasteiger partial charge is 0.462 e. The summed E-state index contributed by atoms with van der Waals surface area (Å²) in [6.45, 7) is 1.91. The summed E-state index contributed by atoms with van der Waals surface area (Å²) in [7, 11) is -4.67. The topological polar surface area (TPSA) is 169 Å². The minimum Gasteiger partial charge on any atom is -0.462 e. The van der Waals surface area contributed by atoms with E-state index >= 15 is 0 Å². The quantitative estimate of drug-likeness (QED) is 0.0202. The van der Waals surface area contributed by atoms with Crippen molar-refractivity contribution in [3.63, 3.8) is 0 Å². The van der Waals surface area contributed by atoms with E-state index in [-0.39, 0.29) is 18.9 Å². The summed E-state index contributed by atoms with van der Waals surface area (Å²) in [5.41, 5.74) is 0. The van der Waals surface area contributed by atoms with Crippen LogP contribution >= 0.6 is 7.82 Å². The minimum absolute atomic E-state index is 0.0312. The van der Waals surface area contributed by atoms with Gasteiger partial charge in [-0.1, -0.05) is 148 Å². The molecule has 338 valence electrons. The van der Waals surface area contributed by atoms with Crippen LogP contribution in [0.25, 0.3) is 0 Å². The van der Waals surface area contributed by atoms with Crippen molar-refractivity contribution in [3.8, 4) is 0 Å². The molecule has 12 heteroatoms. The van der Waals surface area contributed by atoms with Gasteiger partial charge in [-0.3, -0.25) is 18.6 Å². The van der Waals surface area contributed by atoms with Crippen molar-refractivity contribution in [1.82, 2.24) is 0 Å². The molecule has 1 unspecified atom stereocenters. The second-order valence-electron chi connectivity index (χ2n) is 13.8. The van der Waals surface area contributed by atoms with Crippen LogP contribution in [0, 0.1) is 0 Å². The number of aliphatic hydroxyl groups is 3. The largest absolute Gasteiger partial charge is 0.472 e. The van der Waals surface area contributed by atoms with E-state index in [1.807, 2.05) is 42.5 Å². The van der Waals surface area contributed by atoms with Gasteiger partial charge in [0.15, 0.2) is 6.10 Å². The first-order valence-corrected chi connectivity index (χ1v) is 23.1. The summed E-state index contributed by atoms with van der Waals surface area (Å²) < 4.78 is 32.5. The Morgan fingerprint density at radius 2 is 1.03 bits per heavy atom. The van der Waals surface area contributed by atoms with Crippen LogP contribution in [0.4, 0.5) is 0 Å². The van der Waals surface area contributed by atoms with Gasteiger partial charge in [0, 0.05) is 12.8 Å². The van der Waals surface area contributed by atoms with Crippen molar-refractivity contribution < 1.29 is 52.9 Å². The molecule has 0 bridgehead atoms. The maximum atomic E-state index is 12.6. The number of hydrogen-bond acceptors (Lipinski definition) is 10. The number of phosphoric acid groups is 1. The zero-order chi connectivity index (χ0) is 44.2. The number of carbonyl (C=O) groups is 2. The number of aliphatic hydroxyl groups excluding tert-OH is 3. The number of esters is 2. The third kappa shape index (κ3) is 41.1. The SMILES string of the molecule is CC/C=C\C/C=C\C/C=C\C/C=C\C/C=C\C/C=C\CCC(=O)O[C@H](COC(=O)CCC/C=C\C/C=C\C/C=C\C/C=C\[C@@H](O)CCCC)COP(=O)(O)OC[C@@H](O)CO. The van der Waals surface area contributed by atoms with Gasteiger partial charge in [-0.15, -0.1) is 0 Å². The van der Waals surface area contributed by atoms with Crippen LogP contribution in [-0.4, -0.2) is 76.9 Å². The van der Waals surface area contributed by atoms with E-state index in [9.17, 15) is 29.3 Å². The molecular weight excluding hydrogens is 783 g/mol. The summed E-state index contributed by atoms with van der Waals surface area (Å²) in [6.07, 6.45) is 50.9. The predicted molar refractivity (Wildman–Crippen MR) is 243 cm³/mol. The highest BCUT2D eigenvalue weighted by Crippen LogP contribution is 2.43. The zero-order valence-electron chi connectivity index (χ0n) is 36.2. The van der Waals surface area contributed by atoms with Crippen LogP contribution in [-0.2, 0) is 32.7 Å². The summed E-state index contributed by atoms with van der Waals surface area (Å²) in [4.78, 5) is 34.9. The molecule has 0 fully saturated rings. The lowest BCUT2D eigenvalue weighted by atomic mass is 10.1. The van der Waals surface area contributed by atoms with Crippen LogP contribution in [0.3, 0.4) is 0 Å². The fourth-order valence-corrected chi connectivity index (χ4v) is 5.64. The lowest BCUT2D eigenvalue weighted by Crippen LogP contribution is -2.29. The van der Waals surface area contributed by atoms with Gasteiger partial charge < -0.3 is 29.7 Å². The average molecular weight is 859 g/mol. The average Bonchev–Trinajstić information content (AvgIpc) is 3.23. The van der Waals surface area contributed by atoms with E-state index in [0.29, 0.717) is 25.7 Å². The molecule has 4 atom stereocenters. The van der Waals surface area contributed by atoms with Crippen molar-refractivity contribution in [2.24, 2.45) is 0 Å². The van der Waals surface area contributed by atoms with Crippen molar-refractivity contribution >= 4 is 19.8 Å². The third-order valence-corrected chi connectivity index (χ3v) is 9.13. The van der Waals surface area contributed by atoms with E-state index < -0.39 is 58.4 Å². The molecule has 4 N–H and O–H groups in total. The molecular formula is C48H75O11P. The van der Waals surface area contributed by atoms with E-state index in [0.717, 1.165) is 70.6 Å². The second-order valence-corrected chi connectivity index (χ2v) is 15.3. The predicted octanol–water partition coefficient (Wildman–Crippen LogP) is 10.5. The summed E-state index contributed by atoms with van der Waals surface area (Å²) in [6, 6.07) is 0. The van der Waals surface area contributed by atoms with Crippen LogP contribution in [0.1, 0.15) is 123 Å². The number of hydrogen-bond donors (Lipinski definition) is 4. The van der Waals surface area contributed by atoms with Gasteiger partial charge in [-0.05, 0) is 83.5 Å². The first-order valence-electron chi connectivity index (χ1n) is 21.6. The van der Waals surface area contributed by atoms with Gasteiger partial charge in [-0.2, -0.15) is 0 Å². The van der Waals surface area contributed by atoms with Crippen LogP contribution < -0.4 is 0 Å². The Balaban J connectivity index is 4.57. The van der Waals surface area contributed by atoms with Crippen molar-refractivity contribution in [2.45, 2.75) is 141 Å². The fraction of sp³-hybridized carbons (Fsp3) is 0.542. The first kappa shape index (κ1) is 56.3. The van der Waals surface area contributed by atoms with Crippen LogP contribution in [0.2, 0.25) is 0 Å². The van der Waals surface area contributed by atoms with Crippen LogP contribution in [0.15, 0.2) is 122 Å².